The van der Waals surface area contributed by atoms with Crippen molar-refractivity contribution < 1.29 is 4.79 Å². The van der Waals surface area contributed by atoms with Gasteiger partial charge < -0.3 is 5.73 Å². The molecule has 1 aromatic heterocycles. The molecular formula is C8H8N2O. The molecule has 1 rings (SSSR count). The van der Waals surface area contributed by atoms with Gasteiger partial charge in [0.25, 0.3) is 0 Å². The quantitative estimate of drug-likeness (QED) is 0.500. The lowest BCUT2D eigenvalue weighted by atomic mass is 10.2. The Morgan fingerprint density at radius 3 is 2.82 bits per heavy atom. The Kier molecular flexibility index (Phi) is 2.38. The first kappa shape index (κ1) is 7.47. The summed E-state index contributed by atoms with van der Waals surface area (Å²) in [5.41, 5.74) is 6.22. The van der Waals surface area contributed by atoms with E-state index in [4.69, 9.17) is 5.73 Å². The number of nitrogens with zero attached hydrogens (tertiary/aromatic N) is 1. The van der Waals surface area contributed by atoms with Gasteiger partial charge in [-0.2, -0.15) is 0 Å². The molecule has 0 aliphatic rings. The summed E-state index contributed by atoms with van der Waals surface area (Å²) < 4.78 is 0. The van der Waals surface area contributed by atoms with Crippen LogP contribution in [0.2, 0.25) is 0 Å². The lowest BCUT2D eigenvalue weighted by Crippen LogP contribution is -1.87. The van der Waals surface area contributed by atoms with Crippen molar-refractivity contribution in [1.82, 2.24) is 4.98 Å². The van der Waals surface area contributed by atoms with Gasteiger partial charge in [0.1, 0.15) is 12.1 Å². The summed E-state index contributed by atoms with van der Waals surface area (Å²) in [6.07, 6.45) is 5.40. The van der Waals surface area contributed by atoms with Crippen LogP contribution >= 0.6 is 0 Å². The highest BCUT2D eigenvalue weighted by Gasteiger charge is 1.85. The topological polar surface area (TPSA) is 56.0 Å². The average Bonchev–Trinajstić information content (AvgIpc) is 2.04. The van der Waals surface area contributed by atoms with Gasteiger partial charge in [0, 0.05) is 6.20 Å². The van der Waals surface area contributed by atoms with Gasteiger partial charge in [-0.05, 0) is 23.8 Å². The average molecular weight is 148 g/mol. The van der Waals surface area contributed by atoms with Crippen LogP contribution in [0.4, 0.5) is 5.82 Å². The molecule has 0 saturated carbocycles. The maximum Gasteiger partial charge on any atom is 0.142 e. The van der Waals surface area contributed by atoms with Gasteiger partial charge in [0.2, 0.25) is 0 Å². The zero-order valence-corrected chi connectivity index (χ0v) is 5.90. The minimum atomic E-state index is 0.480. The highest BCUT2D eigenvalue weighted by atomic mass is 16.1. The standard InChI is InChI=1S/C8H8N2O/c9-8-4-3-7(6-10-8)2-1-5-11/h1-6H,(H2,9,10)/b2-1+. The molecule has 0 amide bonds. The number of nitrogens with two attached hydrogens (primary N) is 1. The number of rotatable bonds is 2. The Balaban J connectivity index is 2.81. The smallest absolute Gasteiger partial charge is 0.142 e. The number of hydrogen-bond donors (Lipinski definition) is 1. The molecule has 1 aromatic rings. The maximum atomic E-state index is 9.91. The molecule has 3 heteroatoms. The molecule has 11 heavy (non-hydrogen) atoms. The van der Waals surface area contributed by atoms with Gasteiger partial charge in [-0.25, -0.2) is 4.98 Å². The first-order chi connectivity index (χ1) is 5.33. The van der Waals surface area contributed by atoms with Crippen molar-refractivity contribution in [3.05, 3.63) is 30.0 Å². The van der Waals surface area contributed by atoms with Crippen LogP contribution in [0.1, 0.15) is 5.56 Å². The molecule has 56 valence electrons. The molecule has 0 aliphatic carbocycles. The predicted octanol–water partition coefficient (Wildman–Crippen LogP) is 0.876. The number of nitrogen functional groups attached to an aromatic ring is 1. The monoisotopic (exact) mass is 148 g/mol. The largest absolute Gasteiger partial charge is 0.384 e. The SMILES string of the molecule is Nc1ccc(/C=C/C=O)cn1. The van der Waals surface area contributed by atoms with Crippen LogP contribution in [-0.4, -0.2) is 11.3 Å². The molecular weight excluding hydrogens is 140 g/mol. The molecule has 0 radical (unpaired) electrons. The second-order valence-electron chi connectivity index (χ2n) is 2.01. The zero-order valence-electron chi connectivity index (χ0n) is 5.90. The fourth-order valence-electron chi connectivity index (χ4n) is 0.666. The molecule has 0 unspecified atom stereocenters. The Bertz CT molecular complexity index is 264. The molecule has 0 saturated heterocycles. The van der Waals surface area contributed by atoms with Crippen molar-refractivity contribution in [3.8, 4) is 0 Å². The van der Waals surface area contributed by atoms with Gasteiger partial charge in [-0.3, -0.25) is 4.79 Å². The van der Waals surface area contributed by atoms with E-state index in [2.05, 4.69) is 4.98 Å². The molecule has 0 spiro atoms. The number of hydrogen-bond acceptors (Lipinski definition) is 3. The first-order valence-electron chi connectivity index (χ1n) is 3.16. The van der Waals surface area contributed by atoms with Crippen LogP contribution in [0.5, 0.6) is 0 Å². The van der Waals surface area contributed by atoms with Gasteiger partial charge in [-0.1, -0.05) is 6.08 Å². The highest BCUT2D eigenvalue weighted by Crippen LogP contribution is 2.02. The fraction of sp³-hybridized carbons (Fsp3) is 0. The molecule has 0 bridgehead atoms. The molecule has 2 N–H and O–H groups in total. The van der Waals surface area contributed by atoms with Crippen LogP contribution in [-0.2, 0) is 4.79 Å². The van der Waals surface area contributed by atoms with Crippen LogP contribution in [0, 0.1) is 0 Å². The minimum absolute atomic E-state index is 0.480. The Labute approximate surface area is 64.6 Å². The van der Waals surface area contributed by atoms with Crippen LogP contribution in [0.25, 0.3) is 6.08 Å². The number of allylic oxidation sites excluding steroid dienone is 1. The van der Waals surface area contributed by atoms with E-state index in [1.165, 1.54) is 6.08 Å². The number of carbonyl (C=O) groups is 1. The van der Waals surface area contributed by atoms with Gasteiger partial charge in [0.15, 0.2) is 0 Å². The van der Waals surface area contributed by atoms with Gasteiger partial charge in [0.05, 0.1) is 0 Å². The van der Waals surface area contributed by atoms with Crippen LogP contribution < -0.4 is 5.73 Å². The Morgan fingerprint density at radius 1 is 1.45 bits per heavy atom. The van der Waals surface area contributed by atoms with Crippen LogP contribution in [0.15, 0.2) is 24.4 Å². The molecule has 0 aromatic carbocycles. The van der Waals surface area contributed by atoms with Crippen molar-refractivity contribution >= 4 is 18.2 Å². The van der Waals surface area contributed by atoms with Crippen molar-refractivity contribution in [1.29, 1.82) is 0 Å². The summed E-state index contributed by atoms with van der Waals surface area (Å²) in [6, 6.07) is 3.48. The number of aromatic nitrogens is 1. The fourth-order valence-corrected chi connectivity index (χ4v) is 0.666. The summed E-state index contributed by atoms with van der Waals surface area (Å²) in [5, 5.41) is 0. The molecule has 0 aliphatic heterocycles. The first-order valence-corrected chi connectivity index (χ1v) is 3.16. The van der Waals surface area contributed by atoms with Gasteiger partial charge >= 0.3 is 0 Å². The second kappa shape index (κ2) is 3.51. The summed E-state index contributed by atoms with van der Waals surface area (Å²) in [5.74, 6) is 0.480. The number of carbonyl (C=O) groups excluding carboxylic acids is 1. The summed E-state index contributed by atoms with van der Waals surface area (Å²) >= 11 is 0. The van der Waals surface area contributed by atoms with Crippen molar-refractivity contribution in [2.45, 2.75) is 0 Å². The summed E-state index contributed by atoms with van der Waals surface area (Å²) in [7, 11) is 0. The Hall–Kier alpha value is -1.64. The Morgan fingerprint density at radius 2 is 2.27 bits per heavy atom. The lowest BCUT2D eigenvalue weighted by Gasteiger charge is -1.91. The molecule has 0 fully saturated rings. The number of pyridine rings is 1. The van der Waals surface area contributed by atoms with Crippen molar-refractivity contribution in [2.75, 3.05) is 5.73 Å². The van der Waals surface area contributed by atoms with E-state index in [0.29, 0.717) is 5.82 Å². The predicted molar refractivity (Wildman–Crippen MR) is 43.7 cm³/mol. The van der Waals surface area contributed by atoms with Crippen molar-refractivity contribution in [2.24, 2.45) is 0 Å². The van der Waals surface area contributed by atoms with E-state index in [1.807, 2.05) is 0 Å². The molecule has 0 atom stereocenters. The van der Waals surface area contributed by atoms with Gasteiger partial charge in [-0.15, -0.1) is 0 Å². The van der Waals surface area contributed by atoms with E-state index in [1.54, 1.807) is 24.4 Å². The maximum absolute atomic E-state index is 9.91. The molecule has 3 nitrogen and oxygen atoms in total. The lowest BCUT2D eigenvalue weighted by molar-refractivity contribution is -0.104. The summed E-state index contributed by atoms with van der Waals surface area (Å²) in [4.78, 5) is 13.8. The van der Waals surface area contributed by atoms with E-state index < -0.39 is 0 Å². The van der Waals surface area contributed by atoms with Crippen molar-refractivity contribution in [3.63, 3.8) is 0 Å². The third kappa shape index (κ3) is 2.21. The van der Waals surface area contributed by atoms with E-state index in [0.717, 1.165) is 11.8 Å². The third-order valence-electron chi connectivity index (χ3n) is 1.18. The minimum Gasteiger partial charge on any atom is -0.384 e. The number of aldehydes is 1. The molecule has 1 heterocycles. The van der Waals surface area contributed by atoms with E-state index in [-0.39, 0.29) is 0 Å². The highest BCUT2D eigenvalue weighted by molar-refractivity contribution is 5.73. The van der Waals surface area contributed by atoms with E-state index >= 15 is 0 Å². The van der Waals surface area contributed by atoms with E-state index in [9.17, 15) is 4.79 Å². The number of anilines is 1. The third-order valence-corrected chi connectivity index (χ3v) is 1.18. The second-order valence-corrected chi connectivity index (χ2v) is 2.01. The van der Waals surface area contributed by atoms with Crippen LogP contribution in [0.3, 0.4) is 0 Å². The zero-order chi connectivity index (χ0) is 8.10. The normalized spacial score (nSPS) is 10.2. The summed E-state index contributed by atoms with van der Waals surface area (Å²) in [6.45, 7) is 0.